The second kappa shape index (κ2) is 3.30. The van der Waals surface area contributed by atoms with Crippen LogP contribution in [-0.4, -0.2) is 19.0 Å². The van der Waals surface area contributed by atoms with Gasteiger partial charge in [0.05, 0.1) is 13.2 Å². The minimum atomic E-state index is 0.141. The predicted molar refractivity (Wildman–Crippen MR) is 50.0 cm³/mol. The number of benzene rings is 1. The minimum Gasteiger partial charge on any atom is -0.380 e. The van der Waals surface area contributed by atoms with Gasteiger partial charge in [-0.05, 0) is 12.5 Å². The highest BCUT2D eigenvalue weighted by Gasteiger charge is 2.23. The average molecular weight is 176 g/mol. The molecule has 0 saturated carbocycles. The third-order valence-corrected chi connectivity index (χ3v) is 2.42. The highest BCUT2D eigenvalue weighted by molar-refractivity contribution is 5.95. The van der Waals surface area contributed by atoms with Crippen molar-refractivity contribution in [3.63, 3.8) is 0 Å². The fraction of sp³-hybridized carbons (Fsp3) is 0.364. The van der Waals surface area contributed by atoms with Crippen molar-refractivity contribution < 1.29 is 9.53 Å². The molecule has 0 atom stereocenters. The molecule has 1 saturated heterocycles. The summed E-state index contributed by atoms with van der Waals surface area (Å²) in [7, 11) is 0. The summed E-state index contributed by atoms with van der Waals surface area (Å²) < 4.78 is 5.11. The van der Waals surface area contributed by atoms with E-state index in [1.807, 2.05) is 24.3 Å². The van der Waals surface area contributed by atoms with Crippen LogP contribution in [0.5, 0.6) is 0 Å². The molecule has 0 bridgehead atoms. The normalized spacial score (nSPS) is 16.7. The van der Waals surface area contributed by atoms with E-state index in [0.717, 1.165) is 24.3 Å². The van der Waals surface area contributed by atoms with Crippen molar-refractivity contribution in [3.8, 4) is 0 Å². The standard InChI is InChI=1S/C11H12O2/c1-8(12)10-4-2-3-5-11(10)9-6-13-7-9/h2-5,9H,6-7H2,1H3. The molecule has 2 nitrogen and oxygen atoms in total. The van der Waals surface area contributed by atoms with Gasteiger partial charge in [-0.1, -0.05) is 24.3 Å². The van der Waals surface area contributed by atoms with E-state index in [4.69, 9.17) is 4.74 Å². The van der Waals surface area contributed by atoms with Crippen molar-refractivity contribution >= 4 is 5.78 Å². The number of ketones is 1. The molecule has 68 valence electrons. The predicted octanol–water partition coefficient (Wildman–Crippen LogP) is 2.00. The average Bonchev–Trinajstić information content (AvgIpc) is 2.02. The fourth-order valence-corrected chi connectivity index (χ4v) is 1.59. The van der Waals surface area contributed by atoms with E-state index in [-0.39, 0.29) is 5.78 Å². The molecular formula is C11H12O2. The Morgan fingerprint density at radius 1 is 1.38 bits per heavy atom. The zero-order valence-electron chi connectivity index (χ0n) is 7.62. The van der Waals surface area contributed by atoms with Gasteiger partial charge in [0.25, 0.3) is 0 Å². The Kier molecular flexibility index (Phi) is 2.15. The van der Waals surface area contributed by atoms with Crippen LogP contribution in [0.25, 0.3) is 0 Å². The first kappa shape index (κ1) is 8.45. The van der Waals surface area contributed by atoms with Crippen molar-refractivity contribution in [1.82, 2.24) is 0 Å². The lowest BCUT2D eigenvalue weighted by atomic mass is 9.91. The molecule has 0 radical (unpaired) electrons. The smallest absolute Gasteiger partial charge is 0.160 e. The summed E-state index contributed by atoms with van der Waals surface area (Å²) in [6, 6.07) is 7.78. The Labute approximate surface area is 77.5 Å². The first-order chi connectivity index (χ1) is 6.29. The summed E-state index contributed by atoms with van der Waals surface area (Å²) >= 11 is 0. The summed E-state index contributed by atoms with van der Waals surface area (Å²) in [4.78, 5) is 11.3. The van der Waals surface area contributed by atoms with Crippen LogP contribution in [0.15, 0.2) is 24.3 Å². The molecule has 1 fully saturated rings. The highest BCUT2D eigenvalue weighted by Crippen LogP contribution is 2.26. The molecule has 13 heavy (non-hydrogen) atoms. The first-order valence-corrected chi connectivity index (χ1v) is 4.46. The van der Waals surface area contributed by atoms with E-state index in [1.54, 1.807) is 6.92 Å². The van der Waals surface area contributed by atoms with Crippen LogP contribution in [-0.2, 0) is 4.74 Å². The fourth-order valence-electron chi connectivity index (χ4n) is 1.59. The number of ether oxygens (including phenoxy) is 1. The molecule has 1 aliphatic heterocycles. The molecule has 2 heteroatoms. The largest absolute Gasteiger partial charge is 0.380 e. The van der Waals surface area contributed by atoms with E-state index in [1.165, 1.54) is 0 Å². The van der Waals surface area contributed by atoms with Crippen LogP contribution in [0.2, 0.25) is 0 Å². The van der Waals surface area contributed by atoms with Crippen molar-refractivity contribution in [1.29, 1.82) is 0 Å². The quantitative estimate of drug-likeness (QED) is 0.644. The lowest BCUT2D eigenvalue weighted by Crippen LogP contribution is -2.26. The summed E-state index contributed by atoms with van der Waals surface area (Å²) in [6.07, 6.45) is 0. The van der Waals surface area contributed by atoms with Crippen molar-refractivity contribution in [2.45, 2.75) is 12.8 Å². The zero-order valence-corrected chi connectivity index (χ0v) is 7.62. The Hall–Kier alpha value is -1.15. The maximum Gasteiger partial charge on any atom is 0.160 e. The van der Waals surface area contributed by atoms with Gasteiger partial charge in [-0.2, -0.15) is 0 Å². The van der Waals surface area contributed by atoms with Crippen molar-refractivity contribution in [3.05, 3.63) is 35.4 Å². The van der Waals surface area contributed by atoms with Crippen LogP contribution in [0.4, 0.5) is 0 Å². The number of hydrogen-bond donors (Lipinski definition) is 0. The molecule has 0 N–H and O–H groups in total. The van der Waals surface area contributed by atoms with Gasteiger partial charge in [-0.15, -0.1) is 0 Å². The molecule has 1 aromatic carbocycles. The second-order valence-electron chi connectivity index (χ2n) is 3.38. The van der Waals surface area contributed by atoms with Gasteiger partial charge < -0.3 is 4.74 Å². The second-order valence-corrected chi connectivity index (χ2v) is 3.38. The maximum absolute atomic E-state index is 11.3. The number of Topliss-reactive ketones (excluding diaryl/α,β-unsaturated/α-hetero) is 1. The van der Waals surface area contributed by atoms with Gasteiger partial charge in [0, 0.05) is 11.5 Å². The Balaban J connectivity index is 2.36. The number of carbonyl (C=O) groups excluding carboxylic acids is 1. The van der Waals surface area contributed by atoms with Gasteiger partial charge in [0.1, 0.15) is 0 Å². The Morgan fingerprint density at radius 3 is 2.62 bits per heavy atom. The van der Waals surface area contributed by atoms with Gasteiger partial charge in [-0.3, -0.25) is 4.79 Å². The van der Waals surface area contributed by atoms with E-state index in [2.05, 4.69) is 0 Å². The highest BCUT2D eigenvalue weighted by atomic mass is 16.5. The monoisotopic (exact) mass is 176 g/mol. The first-order valence-electron chi connectivity index (χ1n) is 4.46. The molecule has 1 heterocycles. The topological polar surface area (TPSA) is 26.3 Å². The van der Waals surface area contributed by atoms with E-state index in [0.29, 0.717) is 5.92 Å². The molecule has 1 aromatic rings. The summed E-state index contributed by atoms with van der Waals surface area (Å²) in [6.45, 7) is 3.12. The van der Waals surface area contributed by atoms with E-state index >= 15 is 0 Å². The summed E-state index contributed by atoms with van der Waals surface area (Å²) in [5.74, 6) is 0.572. The van der Waals surface area contributed by atoms with Crippen LogP contribution in [0.1, 0.15) is 28.8 Å². The van der Waals surface area contributed by atoms with Crippen LogP contribution in [0.3, 0.4) is 0 Å². The van der Waals surface area contributed by atoms with E-state index in [9.17, 15) is 4.79 Å². The molecule has 1 aliphatic rings. The molecule has 0 aromatic heterocycles. The van der Waals surface area contributed by atoms with Gasteiger partial charge in [0.15, 0.2) is 5.78 Å². The number of rotatable bonds is 2. The van der Waals surface area contributed by atoms with Gasteiger partial charge in [0.2, 0.25) is 0 Å². The Bertz CT molecular complexity index is 327. The van der Waals surface area contributed by atoms with E-state index < -0.39 is 0 Å². The number of carbonyl (C=O) groups is 1. The summed E-state index contributed by atoms with van der Waals surface area (Å²) in [5, 5.41) is 0. The molecule has 0 amide bonds. The molecule has 0 unspecified atom stereocenters. The molecule has 2 rings (SSSR count). The minimum absolute atomic E-state index is 0.141. The third kappa shape index (κ3) is 1.49. The van der Waals surface area contributed by atoms with Crippen LogP contribution in [0, 0.1) is 0 Å². The van der Waals surface area contributed by atoms with Gasteiger partial charge in [-0.25, -0.2) is 0 Å². The lowest BCUT2D eigenvalue weighted by Gasteiger charge is -2.27. The Morgan fingerprint density at radius 2 is 2.08 bits per heavy atom. The third-order valence-electron chi connectivity index (χ3n) is 2.42. The van der Waals surface area contributed by atoms with Crippen LogP contribution < -0.4 is 0 Å². The van der Waals surface area contributed by atoms with Crippen molar-refractivity contribution in [2.24, 2.45) is 0 Å². The maximum atomic E-state index is 11.3. The molecule has 0 spiro atoms. The molecular weight excluding hydrogens is 164 g/mol. The zero-order chi connectivity index (χ0) is 9.26. The number of hydrogen-bond acceptors (Lipinski definition) is 2. The summed E-state index contributed by atoms with van der Waals surface area (Å²) in [5.41, 5.74) is 1.98. The van der Waals surface area contributed by atoms with Crippen molar-refractivity contribution in [2.75, 3.05) is 13.2 Å². The SMILES string of the molecule is CC(=O)c1ccccc1C1COC1. The molecule has 0 aliphatic carbocycles. The lowest BCUT2D eigenvalue weighted by molar-refractivity contribution is 0.00816. The van der Waals surface area contributed by atoms with Gasteiger partial charge >= 0.3 is 0 Å². The van der Waals surface area contributed by atoms with Crippen LogP contribution >= 0.6 is 0 Å².